The lowest BCUT2D eigenvalue weighted by Gasteiger charge is -2.24. The highest BCUT2D eigenvalue weighted by atomic mass is 35.5. The molecule has 14 heteroatoms. The van der Waals surface area contributed by atoms with Crippen LogP contribution in [0.2, 0.25) is 5.22 Å². The van der Waals surface area contributed by atoms with Crippen LogP contribution in [-0.2, 0) is 25.5 Å². The van der Waals surface area contributed by atoms with E-state index in [1.54, 1.807) is 6.08 Å². The highest BCUT2D eigenvalue weighted by molar-refractivity contribution is 6.29. The average molecular weight is 612 g/mol. The fraction of sp³-hybridized carbons (Fsp3) is 0.310. The molecule has 43 heavy (non-hydrogen) atoms. The molecule has 2 aliphatic rings. The van der Waals surface area contributed by atoms with Gasteiger partial charge in [-0.05, 0) is 54.3 Å². The number of anilines is 1. The molecule has 12 nitrogen and oxygen atoms in total. The third-order valence-corrected chi connectivity index (χ3v) is 7.39. The number of nitrogens with zero attached hydrogens (tertiary/aromatic N) is 2. The molecule has 0 bridgehead atoms. The Morgan fingerprint density at radius 1 is 1.21 bits per heavy atom. The first-order valence-electron chi connectivity index (χ1n) is 13.5. The number of aromatic nitrogens is 2. The van der Waals surface area contributed by atoms with Gasteiger partial charge in [-0.25, -0.2) is 9.18 Å². The second-order valence-corrected chi connectivity index (χ2v) is 10.5. The van der Waals surface area contributed by atoms with Crippen molar-refractivity contribution in [2.75, 3.05) is 18.5 Å². The van der Waals surface area contributed by atoms with Gasteiger partial charge in [0.1, 0.15) is 17.5 Å². The number of ether oxygens (including phenoxy) is 1. The Bertz CT molecular complexity index is 1630. The van der Waals surface area contributed by atoms with Gasteiger partial charge in [-0.1, -0.05) is 23.4 Å². The molecule has 3 atom stereocenters. The first-order valence-corrected chi connectivity index (χ1v) is 13.9. The summed E-state index contributed by atoms with van der Waals surface area (Å²) >= 11 is 5.70. The SMILES string of the molecule is O=C1OCCC1=C[C@H](C[C@@H]1CCNC1=O)NC(=O)[C@H](Cc1ccc(F)cc1)n1cccc(NC(=O)c2cc(Cl)on2)c1=O. The molecule has 4 heterocycles. The molecular weight excluding hydrogens is 585 g/mol. The second-order valence-electron chi connectivity index (χ2n) is 10.2. The van der Waals surface area contributed by atoms with E-state index in [2.05, 4.69) is 21.1 Å². The summed E-state index contributed by atoms with van der Waals surface area (Å²) in [7, 11) is 0. The highest BCUT2D eigenvalue weighted by Crippen LogP contribution is 2.22. The van der Waals surface area contributed by atoms with Gasteiger partial charge in [-0.2, -0.15) is 0 Å². The van der Waals surface area contributed by atoms with Crippen molar-refractivity contribution in [3.8, 4) is 0 Å². The molecule has 1 aromatic carbocycles. The van der Waals surface area contributed by atoms with Crippen LogP contribution in [0.5, 0.6) is 0 Å². The standard InChI is InChI=1S/C29H27ClFN5O7/c30-24-15-22(35-43-24)26(38)34-21-2-1-10-36(28(21)40)23(12-16-3-5-19(31)6-4-16)27(39)33-20(13-17-7-9-32-25(17)37)14-18-8-11-42-29(18)41/h1-6,10,14-15,17,20,23H,7-9,11-13H2,(H,32,37)(H,33,39)(H,34,38)/t17-,20-,23-/m0/s1. The van der Waals surface area contributed by atoms with Crippen LogP contribution in [0.3, 0.4) is 0 Å². The number of amides is 3. The summed E-state index contributed by atoms with van der Waals surface area (Å²) in [5.74, 6) is -2.85. The van der Waals surface area contributed by atoms with Crippen LogP contribution in [0.25, 0.3) is 0 Å². The van der Waals surface area contributed by atoms with E-state index in [4.69, 9.17) is 20.9 Å². The zero-order chi connectivity index (χ0) is 30.5. The van der Waals surface area contributed by atoms with Gasteiger partial charge >= 0.3 is 5.97 Å². The monoisotopic (exact) mass is 611 g/mol. The van der Waals surface area contributed by atoms with E-state index in [1.165, 1.54) is 48.7 Å². The molecule has 224 valence electrons. The number of hydrogen-bond acceptors (Lipinski definition) is 8. The highest BCUT2D eigenvalue weighted by Gasteiger charge is 2.31. The van der Waals surface area contributed by atoms with Gasteiger partial charge < -0.3 is 29.8 Å². The molecule has 3 aromatic rings. The van der Waals surface area contributed by atoms with Gasteiger partial charge in [-0.3, -0.25) is 19.2 Å². The van der Waals surface area contributed by atoms with Crippen LogP contribution in [0, 0.1) is 11.7 Å². The first-order chi connectivity index (χ1) is 20.7. The Morgan fingerprint density at radius 3 is 2.65 bits per heavy atom. The quantitative estimate of drug-likeness (QED) is 0.233. The normalized spacial score (nSPS) is 18.7. The number of esters is 1. The molecule has 2 aromatic heterocycles. The number of cyclic esters (lactones) is 1. The molecule has 0 radical (unpaired) electrons. The van der Waals surface area contributed by atoms with Crippen LogP contribution in [0.15, 0.2) is 69.6 Å². The van der Waals surface area contributed by atoms with Crippen molar-refractivity contribution in [3.05, 3.63) is 93.0 Å². The fourth-order valence-electron chi connectivity index (χ4n) is 5.02. The summed E-state index contributed by atoms with van der Waals surface area (Å²) in [5.41, 5.74) is -0.0495. The maximum absolute atomic E-state index is 13.9. The van der Waals surface area contributed by atoms with E-state index < -0.39 is 41.2 Å². The second kappa shape index (κ2) is 13.0. The Kier molecular flexibility index (Phi) is 9.00. The van der Waals surface area contributed by atoms with Crippen molar-refractivity contribution in [2.24, 2.45) is 5.92 Å². The summed E-state index contributed by atoms with van der Waals surface area (Å²) in [4.78, 5) is 64.6. The van der Waals surface area contributed by atoms with Gasteiger partial charge in [0.05, 0.1) is 6.61 Å². The van der Waals surface area contributed by atoms with Crippen molar-refractivity contribution < 1.29 is 32.8 Å². The third kappa shape index (κ3) is 7.17. The molecule has 0 saturated carbocycles. The zero-order valence-corrected chi connectivity index (χ0v) is 23.4. The van der Waals surface area contributed by atoms with Crippen molar-refractivity contribution in [1.82, 2.24) is 20.4 Å². The predicted octanol–water partition coefficient (Wildman–Crippen LogP) is 2.55. The Labute approximate surface area is 249 Å². The number of carbonyl (C=O) groups is 4. The smallest absolute Gasteiger partial charge is 0.333 e. The molecule has 5 rings (SSSR count). The minimum absolute atomic E-state index is 0.0163. The number of halogens is 2. The minimum Gasteiger partial charge on any atom is -0.462 e. The topological polar surface area (TPSA) is 162 Å². The largest absolute Gasteiger partial charge is 0.462 e. The molecule has 3 N–H and O–H groups in total. The minimum atomic E-state index is -1.16. The number of hydrogen-bond donors (Lipinski definition) is 3. The maximum Gasteiger partial charge on any atom is 0.333 e. The lowest BCUT2D eigenvalue weighted by Crippen LogP contribution is -2.44. The maximum atomic E-state index is 13.9. The van der Waals surface area contributed by atoms with Crippen LogP contribution >= 0.6 is 11.6 Å². The number of rotatable bonds is 10. The molecule has 0 spiro atoms. The molecule has 0 unspecified atom stereocenters. The van der Waals surface area contributed by atoms with Crippen LogP contribution < -0.4 is 21.5 Å². The van der Waals surface area contributed by atoms with Crippen LogP contribution in [-0.4, -0.2) is 52.6 Å². The van der Waals surface area contributed by atoms with E-state index in [9.17, 15) is 28.4 Å². The summed E-state index contributed by atoms with van der Waals surface area (Å²) in [6.45, 7) is 0.724. The lowest BCUT2D eigenvalue weighted by atomic mass is 9.95. The summed E-state index contributed by atoms with van der Waals surface area (Å²) < 4.78 is 24.5. The fourth-order valence-corrected chi connectivity index (χ4v) is 5.16. The first kappa shape index (κ1) is 29.7. The Hall–Kier alpha value is -4.78. The molecular formula is C29H27ClFN5O7. The van der Waals surface area contributed by atoms with Crippen LogP contribution in [0.1, 0.15) is 41.4 Å². The molecule has 0 aliphatic carbocycles. The number of carbonyl (C=O) groups excluding carboxylic acids is 4. The van der Waals surface area contributed by atoms with Gasteiger partial charge in [-0.15, -0.1) is 0 Å². The van der Waals surface area contributed by atoms with Crippen molar-refractivity contribution in [2.45, 2.75) is 37.8 Å². The zero-order valence-electron chi connectivity index (χ0n) is 22.7. The lowest BCUT2D eigenvalue weighted by molar-refractivity contribution is -0.135. The van der Waals surface area contributed by atoms with E-state index in [0.29, 0.717) is 30.5 Å². The Morgan fingerprint density at radius 2 is 2.00 bits per heavy atom. The van der Waals surface area contributed by atoms with E-state index in [-0.39, 0.29) is 47.9 Å². The molecule has 2 fully saturated rings. The summed E-state index contributed by atoms with van der Waals surface area (Å²) in [6, 6.07) is 7.61. The number of pyridine rings is 1. The van der Waals surface area contributed by atoms with E-state index in [0.717, 1.165) is 4.57 Å². The van der Waals surface area contributed by atoms with Gasteiger partial charge in [0.15, 0.2) is 5.69 Å². The molecule has 3 amide bonds. The summed E-state index contributed by atoms with van der Waals surface area (Å²) in [6.07, 6.45) is 4.12. The number of benzene rings is 1. The Balaban J connectivity index is 1.46. The van der Waals surface area contributed by atoms with Crippen molar-refractivity contribution in [3.63, 3.8) is 0 Å². The number of nitrogens with one attached hydrogen (secondary N) is 3. The van der Waals surface area contributed by atoms with Gasteiger partial charge in [0.25, 0.3) is 11.5 Å². The molecule has 2 aliphatic heterocycles. The third-order valence-electron chi connectivity index (χ3n) is 7.22. The van der Waals surface area contributed by atoms with Gasteiger partial charge in [0.2, 0.25) is 17.0 Å². The van der Waals surface area contributed by atoms with Crippen molar-refractivity contribution >= 4 is 41.0 Å². The summed E-state index contributed by atoms with van der Waals surface area (Å²) in [5, 5.41) is 11.5. The molecule has 2 saturated heterocycles. The van der Waals surface area contributed by atoms with Gasteiger partial charge in [0, 0.05) is 49.2 Å². The van der Waals surface area contributed by atoms with E-state index in [1.807, 2.05) is 0 Å². The predicted molar refractivity (Wildman–Crippen MR) is 151 cm³/mol. The van der Waals surface area contributed by atoms with Crippen LogP contribution in [0.4, 0.5) is 10.1 Å². The average Bonchev–Trinajstić information content (AvgIpc) is 3.71. The van der Waals surface area contributed by atoms with E-state index >= 15 is 0 Å². The van der Waals surface area contributed by atoms with Crippen molar-refractivity contribution in [1.29, 1.82) is 0 Å².